The first-order valence-electron chi connectivity index (χ1n) is 15.7. The zero-order valence-corrected chi connectivity index (χ0v) is 26.9. The van der Waals surface area contributed by atoms with E-state index in [4.69, 9.17) is 20.9 Å². The van der Waals surface area contributed by atoms with Gasteiger partial charge in [-0.05, 0) is 30.2 Å². The Bertz CT molecular complexity index is 1640. The minimum Gasteiger partial charge on any atom is -0.471 e. The van der Waals surface area contributed by atoms with Crippen LogP contribution < -0.4 is 26.3 Å². The van der Waals surface area contributed by atoms with Crippen LogP contribution in [0.4, 0.5) is 17.6 Å². The molecule has 3 heterocycles. The van der Waals surface area contributed by atoms with E-state index in [1.165, 1.54) is 29.3 Å². The highest BCUT2D eigenvalue weighted by Crippen LogP contribution is 2.28. The number of hydrogen-bond acceptors (Lipinski definition) is 9. The summed E-state index contributed by atoms with van der Waals surface area (Å²) >= 11 is 0. The van der Waals surface area contributed by atoms with Crippen molar-refractivity contribution in [2.75, 3.05) is 32.8 Å². The second kappa shape index (κ2) is 17.4. The molecule has 270 valence electrons. The Kier molecular flexibility index (Phi) is 13.1. The van der Waals surface area contributed by atoms with Crippen molar-refractivity contribution >= 4 is 23.6 Å². The summed E-state index contributed by atoms with van der Waals surface area (Å²) in [5.41, 5.74) is 11.9. The van der Waals surface area contributed by atoms with Gasteiger partial charge in [0, 0.05) is 56.9 Å². The number of nitrogens with one attached hydrogen (secondary N) is 1. The second-order valence-corrected chi connectivity index (χ2v) is 11.4. The van der Waals surface area contributed by atoms with Gasteiger partial charge in [0.05, 0.1) is 38.2 Å². The Hall–Kier alpha value is -5.26. The fraction of sp³-hybridized carbons (Fsp3) is 0.438. The molecule has 0 aliphatic carbocycles. The topological polar surface area (TPSA) is 194 Å². The molecule has 0 bridgehead atoms. The molecule has 0 saturated carbocycles. The number of hydrogen-bond donors (Lipinski definition) is 3. The highest BCUT2D eigenvalue weighted by Gasteiger charge is 2.34. The number of halogens is 4. The molecule has 2 aromatic heterocycles. The van der Waals surface area contributed by atoms with Gasteiger partial charge in [0.1, 0.15) is 17.4 Å². The number of ether oxygens (including phenoxy) is 3. The van der Waals surface area contributed by atoms with Gasteiger partial charge in [-0.1, -0.05) is 12.1 Å². The monoisotopic (exact) mass is 707 g/mol. The SMILES string of the molecule is NC(=O)CCOCCNC(=O)CCCn1cnc(-c2cnc(O[C@@H]3CCN(C(=O)Cc4ccc(OC(F)(F)F)cc4)C[C@H]3F)c(C(N)=O)c2)c1. The minimum atomic E-state index is -4.84. The number of pyridine rings is 1. The molecule has 3 aromatic rings. The number of imidazole rings is 1. The number of nitrogens with two attached hydrogens (primary N) is 2. The first-order valence-corrected chi connectivity index (χ1v) is 15.7. The zero-order valence-electron chi connectivity index (χ0n) is 26.9. The van der Waals surface area contributed by atoms with Crippen LogP contribution in [0.15, 0.2) is 49.1 Å². The Morgan fingerprint density at radius 1 is 1.04 bits per heavy atom. The number of aromatic nitrogens is 3. The van der Waals surface area contributed by atoms with Gasteiger partial charge in [0.25, 0.3) is 5.91 Å². The molecule has 1 aliphatic heterocycles. The van der Waals surface area contributed by atoms with Crippen molar-refractivity contribution < 1.29 is 51.0 Å². The molecule has 1 fully saturated rings. The van der Waals surface area contributed by atoms with Crippen LogP contribution in [0, 0.1) is 0 Å². The third-order valence-electron chi connectivity index (χ3n) is 7.54. The smallest absolute Gasteiger partial charge is 0.471 e. The Morgan fingerprint density at radius 2 is 1.80 bits per heavy atom. The highest BCUT2D eigenvalue weighted by molar-refractivity contribution is 5.96. The molecular formula is C32H37F4N7O7. The van der Waals surface area contributed by atoms with E-state index in [2.05, 4.69) is 20.0 Å². The fourth-order valence-electron chi connectivity index (χ4n) is 5.02. The molecule has 4 amide bonds. The summed E-state index contributed by atoms with van der Waals surface area (Å²) in [6, 6.07) is 6.28. The normalized spacial score (nSPS) is 16.1. The van der Waals surface area contributed by atoms with E-state index in [-0.39, 0.29) is 69.3 Å². The van der Waals surface area contributed by atoms with Crippen LogP contribution in [0.2, 0.25) is 0 Å². The van der Waals surface area contributed by atoms with Gasteiger partial charge in [0.2, 0.25) is 23.6 Å². The summed E-state index contributed by atoms with van der Waals surface area (Å²) in [7, 11) is 0. The highest BCUT2D eigenvalue weighted by atomic mass is 19.4. The number of amides is 4. The minimum absolute atomic E-state index is 0.0834. The lowest BCUT2D eigenvalue weighted by molar-refractivity contribution is -0.274. The average molecular weight is 708 g/mol. The second-order valence-electron chi connectivity index (χ2n) is 11.4. The van der Waals surface area contributed by atoms with Gasteiger partial charge in [-0.3, -0.25) is 19.2 Å². The van der Waals surface area contributed by atoms with Crippen LogP contribution in [0.25, 0.3) is 11.3 Å². The molecule has 0 spiro atoms. The van der Waals surface area contributed by atoms with Crippen molar-refractivity contribution in [3.63, 3.8) is 0 Å². The first kappa shape index (κ1) is 37.6. The molecule has 5 N–H and O–H groups in total. The Labute approximate surface area is 284 Å². The van der Waals surface area contributed by atoms with Gasteiger partial charge < -0.3 is 40.5 Å². The first-order chi connectivity index (χ1) is 23.8. The molecule has 2 atom stereocenters. The summed E-state index contributed by atoms with van der Waals surface area (Å²) in [6.45, 7) is 1.08. The number of alkyl halides is 4. The van der Waals surface area contributed by atoms with E-state index < -0.39 is 42.1 Å². The molecule has 18 heteroatoms. The van der Waals surface area contributed by atoms with Crippen molar-refractivity contribution in [1.29, 1.82) is 0 Å². The third kappa shape index (κ3) is 11.7. The largest absolute Gasteiger partial charge is 0.573 e. The van der Waals surface area contributed by atoms with E-state index >= 15 is 4.39 Å². The number of nitrogens with zero attached hydrogens (tertiary/aromatic N) is 4. The number of primary amides is 2. The Balaban J connectivity index is 1.25. The molecular weight excluding hydrogens is 670 g/mol. The molecule has 50 heavy (non-hydrogen) atoms. The summed E-state index contributed by atoms with van der Waals surface area (Å²) in [6.07, 6.45) is -1.99. The lowest BCUT2D eigenvalue weighted by atomic mass is 10.0. The van der Waals surface area contributed by atoms with Crippen LogP contribution in [-0.4, -0.2) is 94.5 Å². The summed E-state index contributed by atoms with van der Waals surface area (Å²) in [5, 5.41) is 2.72. The molecule has 0 radical (unpaired) electrons. The molecule has 0 unspecified atom stereocenters. The maximum absolute atomic E-state index is 15.2. The number of carbonyl (C=O) groups excluding carboxylic acids is 4. The van der Waals surface area contributed by atoms with E-state index in [9.17, 15) is 32.3 Å². The van der Waals surface area contributed by atoms with Gasteiger partial charge in [-0.25, -0.2) is 14.4 Å². The van der Waals surface area contributed by atoms with Crippen LogP contribution >= 0.6 is 0 Å². The lowest BCUT2D eigenvalue weighted by Gasteiger charge is -2.34. The third-order valence-corrected chi connectivity index (χ3v) is 7.54. The maximum Gasteiger partial charge on any atom is 0.573 e. The number of rotatable bonds is 17. The van der Waals surface area contributed by atoms with Crippen molar-refractivity contribution in [3.8, 4) is 22.9 Å². The van der Waals surface area contributed by atoms with Gasteiger partial charge in [-0.15, -0.1) is 13.2 Å². The number of aryl methyl sites for hydroxylation is 1. The summed E-state index contributed by atoms with van der Waals surface area (Å²) < 4.78 is 68.9. The average Bonchev–Trinajstić information content (AvgIpc) is 3.52. The van der Waals surface area contributed by atoms with Crippen LogP contribution in [0.5, 0.6) is 11.6 Å². The lowest BCUT2D eigenvalue weighted by Crippen LogP contribution is -2.49. The molecule has 4 rings (SSSR count). The van der Waals surface area contributed by atoms with Crippen LogP contribution in [0.1, 0.15) is 41.6 Å². The fourth-order valence-corrected chi connectivity index (χ4v) is 5.02. The van der Waals surface area contributed by atoms with Gasteiger partial charge in [-0.2, -0.15) is 0 Å². The molecule has 14 nitrogen and oxygen atoms in total. The predicted octanol–water partition coefficient (Wildman–Crippen LogP) is 2.29. The summed E-state index contributed by atoms with van der Waals surface area (Å²) in [5.74, 6) is -2.48. The van der Waals surface area contributed by atoms with Crippen molar-refractivity contribution in [2.45, 2.75) is 57.3 Å². The predicted molar refractivity (Wildman–Crippen MR) is 168 cm³/mol. The standard InChI is InChI=1S/C32H37F4N7O7/c33-24-17-43(29(46)14-20-3-5-22(6-4-20)50-32(34,35)36)11-7-26(24)49-31-23(30(38)47)15-21(16-40-31)25-18-42(19-41-25)10-1-2-28(45)39-9-13-48-12-8-27(37)44/h3-6,15-16,18-19,24,26H,1-2,7-14,17H2,(H2,37,44)(H2,38,47)(H,39,45)/t24-,26-/m1/s1. The van der Waals surface area contributed by atoms with E-state index in [1.54, 1.807) is 17.1 Å². The molecule has 1 aromatic carbocycles. The number of benzene rings is 1. The number of likely N-dealkylation sites (tertiary alicyclic amines) is 1. The van der Waals surface area contributed by atoms with E-state index in [1.807, 2.05) is 0 Å². The maximum atomic E-state index is 15.2. The van der Waals surface area contributed by atoms with Crippen LogP contribution in [0.3, 0.4) is 0 Å². The molecule has 1 saturated heterocycles. The van der Waals surface area contributed by atoms with Gasteiger partial charge in [0.15, 0.2) is 6.17 Å². The zero-order chi connectivity index (χ0) is 36.3. The number of piperidine rings is 1. The number of carbonyl (C=O) groups is 4. The van der Waals surface area contributed by atoms with Gasteiger partial charge >= 0.3 is 6.36 Å². The Morgan fingerprint density at radius 3 is 2.48 bits per heavy atom. The quantitative estimate of drug-likeness (QED) is 0.139. The van der Waals surface area contributed by atoms with E-state index in [0.29, 0.717) is 36.3 Å². The van der Waals surface area contributed by atoms with Crippen LogP contribution in [-0.2, 0) is 32.1 Å². The van der Waals surface area contributed by atoms with E-state index in [0.717, 1.165) is 12.1 Å². The molecule has 1 aliphatic rings. The van der Waals surface area contributed by atoms with Crippen molar-refractivity contribution in [1.82, 2.24) is 24.8 Å². The van der Waals surface area contributed by atoms with Crippen molar-refractivity contribution in [2.24, 2.45) is 11.5 Å². The van der Waals surface area contributed by atoms with Crippen molar-refractivity contribution in [3.05, 3.63) is 60.2 Å². The summed E-state index contributed by atoms with van der Waals surface area (Å²) in [4.78, 5) is 57.6.